The molecule has 1 aliphatic rings. The van der Waals surface area contributed by atoms with Crippen molar-refractivity contribution in [2.75, 3.05) is 13.3 Å². The summed E-state index contributed by atoms with van der Waals surface area (Å²) in [5, 5.41) is 20.4. The van der Waals surface area contributed by atoms with Gasteiger partial charge in [-0.3, -0.25) is 4.57 Å². The highest BCUT2D eigenvalue weighted by Gasteiger charge is 2.39. The van der Waals surface area contributed by atoms with Crippen LogP contribution >= 0.6 is 7.37 Å². The average Bonchev–Trinajstić information content (AvgIpc) is 2.80. The first-order valence-electron chi connectivity index (χ1n) is 11.9. The van der Waals surface area contributed by atoms with E-state index < -0.39 is 61.1 Å². The zero-order valence-electron chi connectivity index (χ0n) is 21.9. The van der Waals surface area contributed by atoms with Crippen molar-refractivity contribution in [3.63, 3.8) is 0 Å². The van der Waals surface area contributed by atoms with Gasteiger partial charge in [-0.15, -0.1) is 0 Å². The molecule has 5 unspecified atom stereocenters. The molecule has 0 spiro atoms. The van der Waals surface area contributed by atoms with Gasteiger partial charge >= 0.3 is 0 Å². The highest BCUT2D eigenvalue weighted by atomic mass is 31.2. The van der Waals surface area contributed by atoms with Crippen LogP contribution in [0.1, 0.15) is 46.1 Å². The minimum atomic E-state index is -4.08. The Hall–Kier alpha value is -2.10. The fraction of sp³-hybridized carbons (Fsp3) is 0.538. The Morgan fingerprint density at radius 3 is 2.30 bits per heavy atom. The SMILES string of the molecule is C=C/C(=C\C=C(/C)OC)OC1OC(CCP(=O)(O)Cc2c(F)cc(F)cc2F)CC(O)C1O.CC(C)C. The van der Waals surface area contributed by atoms with Gasteiger partial charge in [0.2, 0.25) is 13.7 Å². The second-order valence-electron chi connectivity index (χ2n) is 9.39. The largest absolute Gasteiger partial charge is 0.501 e. The molecule has 0 amide bonds. The van der Waals surface area contributed by atoms with Crippen molar-refractivity contribution in [1.29, 1.82) is 0 Å². The third-order valence-corrected chi connectivity index (χ3v) is 6.84. The van der Waals surface area contributed by atoms with Gasteiger partial charge in [-0.25, -0.2) is 13.2 Å². The molecule has 11 heteroatoms. The third-order valence-electron chi connectivity index (χ3n) is 5.07. The molecule has 3 N–H and O–H groups in total. The second kappa shape index (κ2) is 15.3. The van der Waals surface area contributed by atoms with Crippen molar-refractivity contribution in [2.24, 2.45) is 5.92 Å². The van der Waals surface area contributed by atoms with Gasteiger partial charge in [0.25, 0.3) is 0 Å². The summed E-state index contributed by atoms with van der Waals surface area (Å²) in [7, 11) is -2.59. The number of benzene rings is 1. The Morgan fingerprint density at radius 1 is 1.22 bits per heavy atom. The molecule has 1 aromatic carbocycles. The van der Waals surface area contributed by atoms with Crippen LogP contribution in [0.3, 0.4) is 0 Å². The summed E-state index contributed by atoms with van der Waals surface area (Å²) < 4.78 is 69.5. The minimum Gasteiger partial charge on any atom is -0.501 e. The molecule has 1 aliphatic heterocycles. The second-order valence-corrected chi connectivity index (χ2v) is 11.8. The van der Waals surface area contributed by atoms with Gasteiger partial charge in [0.1, 0.15) is 29.3 Å². The van der Waals surface area contributed by atoms with Crippen LogP contribution in [0, 0.1) is 23.4 Å². The lowest BCUT2D eigenvalue weighted by Gasteiger charge is -2.37. The Balaban J connectivity index is 0.00000159. The van der Waals surface area contributed by atoms with E-state index in [1.54, 1.807) is 13.0 Å². The fourth-order valence-electron chi connectivity index (χ4n) is 3.15. The molecule has 5 atom stereocenters. The van der Waals surface area contributed by atoms with Crippen molar-refractivity contribution < 1.29 is 47.1 Å². The quantitative estimate of drug-likeness (QED) is 0.204. The lowest BCUT2D eigenvalue weighted by molar-refractivity contribution is -0.252. The highest BCUT2D eigenvalue weighted by Crippen LogP contribution is 2.47. The molecular weight excluding hydrogens is 512 g/mol. The first-order chi connectivity index (χ1) is 17.2. The van der Waals surface area contributed by atoms with Crippen LogP contribution in [0.15, 0.2) is 48.5 Å². The monoisotopic (exact) mass is 550 g/mol. The topological polar surface area (TPSA) is 105 Å². The van der Waals surface area contributed by atoms with Crippen LogP contribution in [-0.4, -0.2) is 53.0 Å². The highest BCUT2D eigenvalue weighted by molar-refractivity contribution is 7.57. The number of halogens is 3. The van der Waals surface area contributed by atoms with Gasteiger partial charge in [-0.05, 0) is 37.5 Å². The summed E-state index contributed by atoms with van der Waals surface area (Å²) in [5.41, 5.74) is -0.677. The van der Waals surface area contributed by atoms with Gasteiger partial charge in [-0.1, -0.05) is 27.4 Å². The van der Waals surface area contributed by atoms with Crippen molar-refractivity contribution >= 4 is 7.37 Å². The van der Waals surface area contributed by atoms with Crippen molar-refractivity contribution in [3.05, 3.63) is 71.5 Å². The molecule has 0 saturated carbocycles. The van der Waals surface area contributed by atoms with E-state index in [1.807, 2.05) is 0 Å². The molecule has 1 aromatic rings. The minimum absolute atomic E-state index is 0.0455. The van der Waals surface area contributed by atoms with E-state index in [0.29, 0.717) is 17.9 Å². The Kier molecular flexibility index (Phi) is 13.7. The van der Waals surface area contributed by atoms with Crippen LogP contribution < -0.4 is 0 Å². The lowest BCUT2D eigenvalue weighted by atomic mass is 10.0. The predicted molar refractivity (Wildman–Crippen MR) is 135 cm³/mol. The maximum Gasteiger partial charge on any atom is 0.228 e. The van der Waals surface area contributed by atoms with Crippen LogP contribution in [0.25, 0.3) is 0 Å². The predicted octanol–water partition coefficient (Wildman–Crippen LogP) is 5.40. The lowest BCUT2D eigenvalue weighted by Crippen LogP contribution is -2.49. The standard InChI is InChI=1S/C22H28F3O7P.C4H10/c1-4-15(6-5-13(2)30-3)31-22-21(27)20(26)11-16(32-22)7-8-33(28,29)12-17-18(24)9-14(23)10-19(17)25;1-4(2)3/h4-6,9-10,16,20-22,26-27H,1,7-8,11-12H2,2-3H3,(H,28,29);4H,1-3H3/b13-5+,15-6+;. The Labute approximate surface area is 216 Å². The number of methoxy groups -OCH3 is 1. The fourth-order valence-corrected chi connectivity index (χ4v) is 4.80. The summed E-state index contributed by atoms with van der Waals surface area (Å²) >= 11 is 0. The smallest absolute Gasteiger partial charge is 0.228 e. The average molecular weight is 551 g/mol. The number of rotatable bonds is 10. The molecule has 37 heavy (non-hydrogen) atoms. The molecule has 0 bridgehead atoms. The molecule has 1 fully saturated rings. The van der Waals surface area contributed by atoms with Gasteiger partial charge in [0.05, 0.1) is 31.2 Å². The molecule has 7 nitrogen and oxygen atoms in total. The molecule has 0 aliphatic carbocycles. The zero-order valence-corrected chi connectivity index (χ0v) is 22.8. The Morgan fingerprint density at radius 2 is 1.78 bits per heavy atom. The number of hydrogen-bond donors (Lipinski definition) is 3. The van der Waals surface area contributed by atoms with Crippen molar-refractivity contribution in [1.82, 2.24) is 0 Å². The summed E-state index contributed by atoms with van der Waals surface area (Å²) in [6.45, 7) is 11.8. The van der Waals surface area contributed by atoms with Crippen molar-refractivity contribution in [3.8, 4) is 0 Å². The first kappa shape index (κ1) is 32.9. The van der Waals surface area contributed by atoms with Crippen LogP contribution in [-0.2, 0) is 24.9 Å². The summed E-state index contributed by atoms with van der Waals surface area (Å²) in [4.78, 5) is 10.2. The van der Waals surface area contributed by atoms with E-state index >= 15 is 0 Å². The molecule has 2 rings (SSSR count). The van der Waals surface area contributed by atoms with E-state index in [4.69, 9.17) is 14.2 Å². The maximum atomic E-state index is 13.8. The molecule has 1 heterocycles. The van der Waals surface area contributed by atoms with Crippen LogP contribution in [0.5, 0.6) is 0 Å². The van der Waals surface area contributed by atoms with Gasteiger partial charge in [0, 0.05) is 30.3 Å². The zero-order chi connectivity index (χ0) is 28.3. The van der Waals surface area contributed by atoms with Crippen LogP contribution in [0.4, 0.5) is 13.2 Å². The normalized spacial score (nSPS) is 24.1. The van der Waals surface area contributed by atoms with E-state index in [0.717, 1.165) is 5.92 Å². The molecular formula is C26H38F3O7P. The summed E-state index contributed by atoms with van der Waals surface area (Å²) in [5.74, 6) is -1.99. The van der Waals surface area contributed by atoms with Gasteiger partial charge in [0.15, 0.2) is 0 Å². The van der Waals surface area contributed by atoms with E-state index in [9.17, 15) is 32.8 Å². The van der Waals surface area contributed by atoms with Crippen LogP contribution in [0.2, 0.25) is 0 Å². The van der Waals surface area contributed by atoms with Crippen molar-refractivity contribution in [2.45, 2.75) is 71.3 Å². The molecule has 1 saturated heterocycles. The molecule has 0 aromatic heterocycles. The number of ether oxygens (including phenoxy) is 3. The number of aliphatic hydroxyl groups is 2. The number of allylic oxidation sites excluding steroid dienone is 4. The number of hydrogen-bond acceptors (Lipinski definition) is 6. The van der Waals surface area contributed by atoms with Gasteiger partial charge in [-0.2, -0.15) is 0 Å². The van der Waals surface area contributed by atoms with E-state index in [2.05, 4.69) is 27.4 Å². The third kappa shape index (κ3) is 11.9. The van der Waals surface area contributed by atoms with E-state index in [-0.39, 0.29) is 24.8 Å². The summed E-state index contributed by atoms with van der Waals surface area (Å²) in [6, 6.07) is 0.882. The summed E-state index contributed by atoms with van der Waals surface area (Å²) in [6.07, 6.45) is -1.53. The maximum absolute atomic E-state index is 13.8. The first-order valence-corrected chi connectivity index (χ1v) is 13.9. The van der Waals surface area contributed by atoms with E-state index in [1.165, 1.54) is 19.3 Å². The molecule has 0 radical (unpaired) electrons. The molecule has 210 valence electrons. The number of aliphatic hydroxyl groups excluding tert-OH is 2. The Bertz CT molecular complexity index is 971. The van der Waals surface area contributed by atoms with Gasteiger partial charge < -0.3 is 29.3 Å².